The van der Waals surface area contributed by atoms with E-state index >= 15 is 0 Å². The van der Waals surface area contributed by atoms with Crippen molar-refractivity contribution in [2.24, 2.45) is 0 Å². The van der Waals surface area contributed by atoms with Gasteiger partial charge in [0.05, 0.1) is 17.2 Å². The molecule has 1 saturated heterocycles. The molecule has 38 heavy (non-hydrogen) atoms. The highest BCUT2D eigenvalue weighted by atomic mass is 79.9. The second kappa shape index (κ2) is 11.3. The van der Waals surface area contributed by atoms with Gasteiger partial charge in [-0.25, -0.2) is 9.69 Å². The average molecular weight is 580 g/mol. The fourth-order valence-electron chi connectivity index (χ4n) is 3.76. The van der Waals surface area contributed by atoms with E-state index in [2.05, 4.69) is 21.2 Å². The third-order valence-corrected chi connectivity index (χ3v) is 6.35. The maximum absolute atomic E-state index is 13.3. The van der Waals surface area contributed by atoms with E-state index in [1.807, 2.05) is 0 Å². The van der Waals surface area contributed by atoms with Gasteiger partial charge in [0.15, 0.2) is 11.5 Å². The van der Waals surface area contributed by atoms with Crippen LogP contribution < -0.4 is 19.7 Å². The Morgan fingerprint density at radius 2 is 1.71 bits per heavy atom. The van der Waals surface area contributed by atoms with Crippen LogP contribution in [0, 0.1) is 17.0 Å². The predicted octanol–water partition coefficient (Wildman–Crippen LogP) is 5.31. The van der Waals surface area contributed by atoms with E-state index in [4.69, 9.17) is 9.47 Å². The van der Waals surface area contributed by atoms with Crippen LogP contribution in [-0.2, 0) is 16.2 Å². The summed E-state index contributed by atoms with van der Waals surface area (Å²) in [7, 11) is 0. The van der Waals surface area contributed by atoms with Gasteiger partial charge in [-0.2, -0.15) is 0 Å². The van der Waals surface area contributed by atoms with Gasteiger partial charge in [0.1, 0.15) is 12.2 Å². The third-order valence-electron chi connectivity index (χ3n) is 5.66. The number of barbiturate groups is 1. The lowest BCUT2D eigenvalue weighted by atomic mass is 10.1. The number of hydrogen-bond acceptors (Lipinski definition) is 7. The van der Waals surface area contributed by atoms with Gasteiger partial charge < -0.3 is 9.47 Å². The maximum atomic E-state index is 13.3. The van der Waals surface area contributed by atoms with Crippen molar-refractivity contribution < 1.29 is 28.8 Å². The first kappa shape index (κ1) is 26.6. The third kappa shape index (κ3) is 5.57. The summed E-state index contributed by atoms with van der Waals surface area (Å²) in [5.41, 5.74) is 1.99. The Morgan fingerprint density at radius 1 is 1.03 bits per heavy atom. The zero-order chi connectivity index (χ0) is 27.4. The first-order valence-corrected chi connectivity index (χ1v) is 12.3. The number of nitrogens with one attached hydrogen (secondary N) is 1. The number of imide groups is 2. The molecule has 0 aromatic heterocycles. The molecule has 194 valence electrons. The number of amides is 4. The van der Waals surface area contributed by atoms with E-state index in [-0.39, 0.29) is 17.9 Å². The van der Waals surface area contributed by atoms with Crippen LogP contribution in [0.1, 0.15) is 23.6 Å². The summed E-state index contributed by atoms with van der Waals surface area (Å²) < 4.78 is 12.1. The largest absolute Gasteiger partial charge is 0.490 e. The predicted molar refractivity (Wildman–Crippen MR) is 143 cm³/mol. The van der Waals surface area contributed by atoms with E-state index in [0.717, 1.165) is 4.90 Å². The van der Waals surface area contributed by atoms with Crippen molar-refractivity contribution in [2.75, 3.05) is 11.5 Å². The number of para-hydroxylation sites is 1. The molecule has 4 rings (SSSR count). The van der Waals surface area contributed by atoms with Crippen LogP contribution in [0.5, 0.6) is 11.5 Å². The zero-order valence-electron chi connectivity index (χ0n) is 20.4. The molecule has 11 heteroatoms. The Morgan fingerprint density at radius 3 is 2.37 bits per heavy atom. The lowest BCUT2D eigenvalue weighted by Gasteiger charge is -2.27. The number of aryl methyl sites for hydroxylation is 1. The Kier molecular flexibility index (Phi) is 7.87. The van der Waals surface area contributed by atoms with Crippen molar-refractivity contribution in [1.82, 2.24) is 5.32 Å². The Balaban J connectivity index is 1.64. The lowest BCUT2D eigenvalue weighted by molar-refractivity contribution is -0.384. The second-order valence-electron chi connectivity index (χ2n) is 8.21. The molecule has 0 aliphatic carbocycles. The monoisotopic (exact) mass is 579 g/mol. The molecule has 3 aromatic rings. The Hall–Kier alpha value is -4.51. The van der Waals surface area contributed by atoms with Crippen LogP contribution in [0.2, 0.25) is 0 Å². The van der Waals surface area contributed by atoms with Gasteiger partial charge in [-0.3, -0.25) is 25.0 Å². The molecule has 0 bridgehead atoms. The zero-order valence-corrected chi connectivity index (χ0v) is 22.0. The van der Waals surface area contributed by atoms with Gasteiger partial charge in [-0.05, 0) is 66.9 Å². The summed E-state index contributed by atoms with van der Waals surface area (Å²) >= 11 is 3.46. The number of carbonyl (C=O) groups excluding carboxylic acids is 3. The number of anilines is 1. The molecule has 10 nitrogen and oxygen atoms in total. The SMILES string of the molecule is CCOc1cc(/C=C2\C(=O)NC(=O)N(c3ccccc3C)C2=O)c(Br)cc1OCc1ccc([N+](=O)[O-])cc1. The van der Waals surface area contributed by atoms with E-state index < -0.39 is 22.8 Å². The van der Waals surface area contributed by atoms with E-state index in [0.29, 0.717) is 45.0 Å². The number of urea groups is 1. The van der Waals surface area contributed by atoms with Crippen molar-refractivity contribution in [3.63, 3.8) is 0 Å². The highest BCUT2D eigenvalue weighted by Crippen LogP contribution is 2.36. The number of hydrogen-bond donors (Lipinski definition) is 1. The summed E-state index contributed by atoms with van der Waals surface area (Å²) in [6.45, 7) is 4.00. The molecule has 1 aliphatic heterocycles. The molecular weight excluding hydrogens is 558 g/mol. The number of ether oxygens (including phenoxy) is 2. The van der Waals surface area contributed by atoms with Gasteiger partial charge >= 0.3 is 6.03 Å². The van der Waals surface area contributed by atoms with Gasteiger partial charge in [0.25, 0.3) is 17.5 Å². The van der Waals surface area contributed by atoms with Crippen LogP contribution in [0.4, 0.5) is 16.2 Å². The first-order valence-electron chi connectivity index (χ1n) is 11.5. The topological polar surface area (TPSA) is 128 Å². The average Bonchev–Trinajstić information content (AvgIpc) is 2.88. The molecule has 1 fully saturated rings. The summed E-state index contributed by atoms with van der Waals surface area (Å²) in [6, 6.07) is 15.3. The summed E-state index contributed by atoms with van der Waals surface area (Å²) in [6.07, 6.45) is 1.38. The number of rotatable bonds is 8. The molecule has 4 amide bonds. The quantitative estimate of drug-likeness (QED) is 0.166. The number of non-ortho nitro benzene ring substituents is 1. The number of benzene rings is 3. The number of nitro benzene ring substituents is 1. The Labute approximate surface area is 226 Å². The molecule has 0 radical (unpaired) electrons. The molecule has 0 saturated carbocycles. The summed E-state index contributed by atoms with van der Waals surface area (Å²) in [5, 5.41) is 13.1. The van der Waals surface area contributed by atoms with Gasteiger partial charge in [-0.15, -0.1) is 0 Å². The standard InChI is InChI=1S/C27H22BrN3O7/c1-3-37-23-13-18(21(28)14-24(23)38-15-17-8-10-19(11-9-17)31(35)36)12-20-25(32)29-27(34)30(26(20)33)22-7-5-4-6-16(22)2/h4-14H,3,15H2,1-2H3,(H,29,32,34)/b20-12+. The van der Waals surface area contributed by atoms with Crippen molar-refractivity contribution in [3.05, 3.63) is 97.5 Å². The molecular formula is C27H22BrN3O7. The van der Waals surface area contributed by atoms with Crippen molar-refractivity contribution in [1.29, 1.82) is 0 Å². The highest BCUT2D eigenvalue weighted by molar-refractivity contribution is 9.10. The second-order valence-corrected chi connectivity index (χ2v) is 9.06. The van der Waals surface area contributed by atoms with Gasteiger partial charge in [0.2, 0.25) is 0 Å². The minimum atomic E-state index is -0.824. The number of nitrogens with zero attached hydrogens (tertiary/aromatic N) is 2. The van der Waals surface area contributed by atoms with Crippen LogP contribution in [-0.4, -0.2) is 29.4 Å². The fraction of sp³-hybridized carbons (Fsp3) is 0.148. The lowest BCUT2D eigenvalue weighted by Crippen LogP contribution is -2.54. The van der Waals surface area contributed by atoms with Crippen LogP contribution in [0.25, 0.3) is 6.08 Å². The molecule has 0 spiro atoms. The van der Waals surface area contributed by atoms with Crippen molar-refractivity contribution >= 4 is 51.2 Å². The molecule has 1 N–H and O–H groups in total. The minimum Gasteiger partial charge on any atom is -0.490 e. The van der Waals surface area contributed by atoms with Gasteiger partial charge in [0, 0.05) is 16.6 Å². The van der Waals surface area contributed by atoms with Crippen LogP contribution in [0.3, 0.4) is 0 Å². The van der Waals surface area contributed by atoms with Crippen molar-refractivity contribution in [2.45, 2.75) is 20.5 Å². The number of nitro groups is 1. The summed E-state index contributed by atoms with van der Waals surface area (Å²) in [4.78, 5) is 49.8. The molecule has 1 aliphatic rings. The maximum Gasteiger partial charge on any atom is 0.335 e. The fourth-order valence-corrected chi connectivity index (χ4v) is 4.20. The number of halogens is 1. The molecule has 0 atom stereocenters. The van der Waals surface area contributed by atoms with Crippen molar-refractivity contribution in [3.8, 4) is 11.5 Å². The van der Waals surface area contributed by atoms with E-state index in [1.54, 1.807) is 62.4 Å². The molecule has 0 unspecified atom stereocenters. The molecule has 1 heterocycles. The first-order chi connectivity index (χ1) is 18.2. The highest BCUT2D eigenvalue weighted by Gasteiger charge is 2.37. The van der Waals surface area contributed by atoms with E-state index in [1.165, 1.54) is 18.2 Å². The van der Waals surface area contributed by atoms with E-state index in [9.17, 15) is 24.5 Å². The smallest absolute Gasteiger partial charge is 0.335 e. The Bertz CT molecular complexity index is 1470. The van der Waals surface area contributed by atoms with Crippen LogP contribution in [0.15, 0.2) is 70.7 Å². The normalized spacial score (nSPS) is 14.4. The van der Waals surface area contributed by atoms with Crippen LogP contribution >= 0.6 is 15.9 Å². The summed E-state index contributed by atoms with van der Waals surface area (Å²) in [5.74, 6) is -0.820. The number of carbonyl (C=O) groups is 3. The molecule has 3 aromatic carbocycles. The minimum absolute atomic E-state index is 0.0205. The van der Waals surface area contributed by atoms with Gasteiger partial charge in [-0.1, -0.05) is 34.1 Å².